The molecule has 25 heavy (non-hydrogen) atoms. The minimum Gasteiger partial charge on any atom is -0.338 e. The van der Waals surface area contributed by atoms with E-state index >= 15 is 0 Å². The largest absolute Gasteiger partial charge is 0.338 e. The van der Waals surface area contributed by atoms with Gasteiger partial charge in [-0.3, -0.25) is 9.89 Å². The normalized spacial score (nSPS) is 15.8. The molecule has 0 atom stereocenters. The van der Waals surface area contributed by atoms with Crippen LogP contribution in [-0.2, 0) is 6.42 Å². The van der Waals surface area contributed by atoms with Gasteiger partial charge >= 0.3 is 0 Å². The van der Waals surface area contributed by atoms with E-state index in [1.54, 1.807) is 6.20 Å². The van der Waals surface area contributed by atoms with E-state index in [9.17, 15) is 4.79 Å². The Kier molecular flexibility index (Phi) is 5.16. The Morgan fingerprint density at radius 1 is 1.32 bits per heavy atom. The number of aromatic amines is 1. The molecule has 0 saturated carbocycles. The van der Waals surface area contributed by atoms with E-state index in [0.717, 1.165) is 43.9 Å². The van der Waals surface area contributed by atoms with Crippen molar-refractivity contribution in [2.24, 2.45) is 0 Å². The average molecular weight is 341 g/mol. The zero-order valence-corrected chi connectivity index (χ0v) is 15.5. The van der Waals surface area contributed by atoms with Crippen LogP contribution in [0.15, 0.2) is 12.4 Å². The quantitative estimate of drug-likeness (QED) is 0.926. The highest BCUT2D eigenvalue weighted by atomic mass is 16.2. The van der Waals surface area contributed by atoms with E-state index in [2.05, 4.69) is 40.9 Å². The van der Waals surface area contributed by atoms with E-state index in [4.69, 9.17) is 0 Å². The molecule has 0 unspecified atom stereocenters. The van der Waals surface area contributed by atoms with Crippen LogP contribution >= 0.6 is 0 Å². The smallest absolute Gasteiger partial charge is 0.257 e. The van der Waals surface area contributed by atoms with Gasteiger partial charge in [0.25, 0.3) is 5.91 Å². The number of piperidine rings is 1. The summed E-state index contributed by atoms with van der Waals surface area (Å²) in [7, 11) is 0. The molecule has 0 aromatic carbocycles. The molecule has 0 spiro atoms. The molecule has 0 aliphatic carbocycles. The highest BCUT2D eigenvalue weighted by Crippen LogP contribution is 2.29. The Bertz CT molecular complexity index is 744. The summed E-state index contributed by atoms with van der Waals surface area (Å²) in [5, 5.41) is 7.34. The van der Waals surface area contributed by atoms with Crippen LogP contribution in [0.25, 0.3) is 0 Å². The highest BCUT2D eigenvalue weighted by molar-refractivity contribution is 5.95. The fraction of sp³-hybridized carbons (Fsp3) is 0.579. The predicted octanol–water partition coefficient (Wildman–Crippen LogP) is 3.21. The van der Waals surface area contributed by atoms with E-state index in [0.29, 0.717) is 11.5 Å². The number of likely N-dealkylation sites (tertiary alicyclic amines) is 1. The lowest BCUT2D eigenvalue weighted by molar-refractivity contribution is 0.0710. The van der Waals surface area contributed by atoms with Crippen LogP contribution < -0.4 is 0 Å². The number of nitrogens with one attached hydrogen (secondary N) is 1. The summed E-state index contributed by atoms with van der Waals surface area (Å²) >= 11 is 0. The molecular weight excluding hydrogens is 314 g/mol. The number of H-pyrrole nitrogens is 1. The van der Waals surface area contributed by atoms with Gasteiger partial charge in [0.2, 0.25) is 0 Å². The molecule has 134 valence electrons. The molecule has 1 fully saturated rings. The number of rotatable bonds is 4. The van der Waals surface area contributed by atoms with E-state index < -0.39 is 0 Å². The van der Waals surface area contributed by atoms with Crippen LogP contribution in [-0.4, -0.2) is 44.1 Å². The van der Waals surface area contributed by atoms with Crippen molar-refractivity contribution < 1.29 is 4.79 Å². The lowest BCUT2D eigenvalue weighted by atomic mass is 9.90. The van der Waals surface area contributed by atoms with E-state index in [-0.39, 0.29) is 11.8 Å². The number of hydrogen-bond acceptors (Lipinski definition) is 4. The summed E-state index contributed by atoms with van der Waals surface area (Å²) in [6.45, 7) is 9.68. The number of carbonyl (C=O) groups is 1. The Labute approximate surface area is 149 Å². The van der Waals surface area contributed by atoms with Gasteiger partial charge in [-0.05, 0) is 31.7 Å². The van der Waals surface area contributed by atoms with Crippen LogP contribution in [0.4, 0.5) is 0 Å². The zero-order chi connectivity index (χ0) is 18.0. The fourth-order valence-corrected chi connectivity index (χ4v) is 3.47. The van der Waals surface area contributed by atoms with E-state index in [1.165, 1.54) is 11.3 Å². The zero-order valence-electron chi connectivity index (χ0n) is 15.5. The Morgan fingerprint density at radius 2 is 2.04 bits per heavy atom. The Balaban J connectivity index is 1.68. The third kappa shape index (κ3) is 3.57. The van der Waals surface area contributed by atoms with Gasteiger partial charge in [-0.1, -0.05) is 20.8 Å². The maximum absolute atomic E-state index is 12.8. The lowest BCUT2D eigenvalue weighted by Crippen LogP contribution is -2.38. The predicted molar refractivity (Wildman–Crippen MR) is 96.7 cm³/mol. The Hall–Kier alpha value is -2.24. The molecule has 2 aromatic rings. The molecule has 0 radical (unpaired) electrons. The molecule has 1 aliphatic heterocycles. The molecular formula is C19H27N5O. The van der Waals surface area contributed by atoms with Gasteiger partial charge in [-0.25, -0.2) is 9.97 Å². The van der Waals surface area contributed by atoms with Crippen molar-refractivity contribution in [1.82, 2.24) is 25.1 Å². The summed E-state index contributed by atoms with van der Waals surface area (Å²) in [6.07, 6.45) is 6.53. The summed E-state index contributed by atoms with van der Waals surface area (Å²) in [4.78, 5) is 23.6. The first-order valence-corrected chi connectivity index (χ1v) is 9.16. The van der Waals surface area contributed by atoms with Crippen molar-refractivity contribution in [2.45, 2.75) is 58.8 Å². The van der Waals surface area contributed by atoms with Crippen molar-refractivity contribution in [3.05, 3.63) is 40.7 Å². The lowest BCUT2D eigenvalue weighted by Gasteiger charge is -2.32. The Morgan fingerprint density at radius 3 is 2.64 bits per heavy atom. The highest BCUT2D eigenvalue weighted by Gasteiger charge is 2.27. The second-order valence-corrected chi connectivity index (χ2v) is 7.11. The molecule has 0 bridgehead atoms. The van der Waals surface area contributed by atoms with Gasteiger partial charge in [0, 0.05) is 36.8 Å². The molecule has 1 N–H and O–H groups in total. The number of aromatic nitrogens is 4. The van der Waals surface area contributed by atoms with Crippen molar-refractivity contribution in [2.75, 3.05) is 13.1 Å². The number of carbonyl (C=O) groups excluding carboxylic acids is 1. The molecule has 3 rings (SSSR count). The maximum atomic E-state index is 12.8. The molecule has 1 saturated heterocycles. The standard InChI is InChI=1S/C19H27N5O/c1-5-14-10-21-23-17(14)15-6-8-24(9-7-15)19(25)16-11-20-18(12(2)3)22-13(16)4/h10-12,15H,5-9H2,1-4H3,(H,21,23). The summed E-state index contributed by atoms with van der Waals surface area (Å²) in [6, 6.07) is 0. The second kappa shape index (κ2) is 7.33. The topological polar surface area (TPSA) is 74.8 Å². The summed E-state index contributed by atoms with van der Waals surface area (Å²) in [5.74, 6) is 1.56. The summed E-state index contributed by atoms with van der Waals surface area (Å²) < 4.78 is 0. The number of nitrogens with zero attached hydrogens (tertiary/aromatic N) is 4. The average Bonchev–Trinajstić information content (AvgIpc) is 3.10. The van der Waals surface area contributed by atoms with Gasteiger partial charge < -0.3 is 4.90 Å². The van der Waals surface area contributed by atoms with Crippen LogP contribution in [0.3, 0.4) is 0 Å². The minimum atomic E-state index is 0.0478. The van der Waals surface area contributed by atoms with Gasteiger partial charge in [-0.2, -0.15) is 5.10 Å². The number of amides is 1. The molecule has 3 heterocycles. The van der Waals surface area contributed by atoms with Gasteiger partial charge in [-0.15, -0.1) is 0 Å². The first-order valence-electron chi connectivity index (χ1n) is 9.16. The van der Waals surface area contributed by atoms with Crippen LogP contribution in [0.2, 0.25) is 0 Å². The van der Waals surface area contributed by atoms with Crippen LogP contribution in [0.5, 0.6) is 0 Å². The minimum absolute atomic E-state index is 0.0478. The second-order valence-electron chi connectivity index (χ2n) is 7.11. The van der Waals surface area contributed by atoms with Crippen molar-refractivity contribution in [3.63, 3.8) is 0 Å². The van der Waals surface area contributed by atoms with Crippen LogP contribution in [0.1, 0.15) is 78.6 Å². The molecule has 2 aromatic heterocycles. The van der Waals surface area contributed by atoms with Gasteiger partial charge in [0.05, 0.1) is 17.5 Å². The molecule has 1 amide bonds. The molecule has 6 heteroatoms. The fourth-order valence-electron chi connectivity index (χ4n) is 3.47. The molecule has 1 aliphatic rings. The first-order chi connectivity index (χ1) is 12.0. The van der Waals surface area contributed by atoms with Crippen LogP contribution in [0, 0.1) is 6.92 Å². The van der Waals surface area contributed by atoms with Crippen molar-refractivity contribution in [3.8, 4) is 0 Å². The first kappa shape index (κ1) is 17.6. The van der Waals surface area contributed by atoms with Crippen molar-refractivity contribution in [1.29, 1.82) is 0 Å². The monoisotopic (exact) mass is 341 g/mol. The van der Waals surface area contributed by atoms with Crippen molar-refractivity contribution >= 4 is 5.91 Å². The number of hydrogen-bond donors (Lipinski definition) is 1. The third-order valence-corrected chi connectivity index (χ3v) is 5.07. The van der Waals surface area contributed by atoms with E-state index in [1.807, 2.05) is 18.0 Å². The maximum Gasteiger partial charge on any atom is 0.257 e. The SMILES string of the molecule is CCc1cn[nH]c1C1CCN(C(=O)c2cnc(C(C)C)nc2C)CC1. The van der Waals surface area contributed by atoms with Gasteiger partial charge in [0.15, 0.2) is 0 Å². The third-order valence-electron chi connectivity index (χ3n) is 5.07. The number of aryl methyl sites for hydroxylation is 2. The molecule has 6 nitrogen and oxygen atoms in total. The van der Waals surface area contributed by atoms with Gasteiger partial charge in [0.1, 0.15) is 5.82 Å². The summed E-state index contributed by atoms with van der Waals surface area (Å²) in [5.41, 5.74) is 3.93.